The van der Waals surface area contributed by atoms with Crippen LogP contribution in [0.5, 0.6) is 0 Å². The van der Waals surface area contributed by atoms with E-state index < -0.39 is 0 Å². The molecule has 0 bridgehead atoms. The van der Waals surface area contributed by atoms with E-state index in [4.69, 9.17) is 5.84 Å². The third kappa shape index (κ3) is 3.70. The zero-order valence-electron chi connectivity index (χ0n) is 10.1. The second-order valence-electron chi connectivity index (χ2n) is 3.87. The molecule has 0 unspecified atom stereocenters. The van der Waals surface area contributed by atoms with Crippen LogP contribution in [0.2, 0.25) is 0 Å². The topological polar surface area (TPSA) is 93.7 Å². The first-order valence-corrected chi connectivity index (χ1v) is 5.87. The zero-order valence-corrected chi connectivity index (χ0v) is 10.1. The molecule has 0 radical (unpaired) electrons. The second-order valence-corrected chi connectivity index (χ2v) is 3.87. The van der Waals surface area contributed by atoms with Crippen LogP contribution in [-0.4, -0.2) is 26.1 Å². The van der Waals surface area contributed by atoms with Gasteiger partial charge in [-0.25, -0.2) is 20.8 Å². The smallest absolute Gasteiger partial charge is 0.145 e. The van der Waals surface area contributed by atoms with Gasteiger partial charge in [-0.05, 0) is 12.8 Å². The van der Waals surface area contributed by atoms with Crippen molar-refractivity contribution in [2.45, 2.75) is 19.4 Å². The van der Waals surface area contributed by atoms with Gasteiger partial charge in [0.25, 0.3) is 0 Å². The summed E-state index contributed by atoms with van der Waals surface area (Å²) in [7, 11) is 0. The van der Waals surface area contributed by atoms with E-state index in [0.29, 0.717) is 5.82 Å². The fourth-order valence-corrected chi connectivity index (χ4v) is 1.59. The number of rotatable bonds is 7. The van der Waals surface area contributed by atoms with E-state index in [1.165, 1.54) is 6.33 Å². The molecule has 7 heteroatoms. The van der Waals surface area contributed by atoms with Crippen molar-refractivity contribution in [2.75, 3.05) is 17.3 Å². The minimum Gasteiger partial charge on any atom is -0.370 e. The van der Waals surface area contributed by atoms with Crippen molar-refractivity contribution in [2.24, 2.45) is 5.84 Å². The van der Waals surface area contributed by atoms with Crippen LogP contribution in [0.1, 0.15) is 12.8 Å². The van der Waals surface area contributed by atoms with Gasteiger partial charge in [-0.3, -0.25) is 0 Å². The molecule has 4 N–H and O–H groups in total. The highest BCUT2D eigenvalue weighted by atomic mass is 15.3. The highest BCUT2D eigenvalue weighted by molar-refractivity contribution is 5.45. The van der Waals surface area contributed by atoms with E-state index in [1.807, 2.05) is 12.5 Å². The van der Waals surface area contributed by atoms with Crippen LogP contribution in [0.15, 0.2) is 31.1 Å². The minimum absolute atomic E-state index is 0.603. The molecular formula is C11H17N7. The average Bonchev–Trinajstić information content (AvgIpc) is 2.92. The van der Waals surface area contributed by atoms with Crippen LogP contribution < -0.4 is 16.6 Å². The Bertz CT molecular complexity index is 454. The summed E-state index contributed by atoms with van der Waals surface area (Å²) in [6.07, 6.45) is 9.22. The molecule has 0 aromatic carbocycles. The molecule has 0 saturated heterocycles. The van der Waals surface area contributed by atoms with Crippen LogP contribution in [0.3, 0.4) is 0 Å². The molecule has 0 aliphatic rings. The van der Waals surface area contributed by atoms with Gasteiger partial charge >= 0.3 is 0 Å². The van der Waals surface area contributed by atoms with Crippen molar-refractivity contribution < 1.29 is 0 Å². The summed E-state index contributed by atoms with van der Waals surface area (Å²) >= 11 is 0. The Labute approximate surface area is 105 Å². The number of hydrogen-bond acceptors (Lipinski definition) is 6. The molecular weight excluding hydrogens is 230 g/mol. The van der Waals surface area contributed by atoms with Gasteiger partial charge in [-0.1, -0.05) is 0 Å². The lowest BCUT2D eigenvalue weighted by molar-refractivity contribution is 0.620. The van der Waals surface area contributed by atoms with Gasteiger partial charge < -0.3 is 15.3 Å². The molecule has 2 aromatic rings. The van der Waals surface area contributed by atoms with E-state index in [-0.39, 0.29) is 0 Å². The van der Waals surface area contributed by atoms with Crippen molar-refractivity contribution in [3.05, 3.63) is 31.1 Å². The number of hydrogen-bond donors (Lipinski definition) is 3. The standard InChI is InChI=1S/C11H17N7/c12-17-11-7-10(15-8-16-11)14-3-1-2-5-18-6-4-13-9-18/h4,6-9H,1-3,5,12H2,(H2,14,15,16,17). The molecule has 0 saturated carbocycles. The van der Waals surface area contributed by atoms with E-state index in [2.05, 4.69) is 30.3 Å². The van der Waals surface area contributed by atoms with Crippen molar-refractivity contribution in [1.82, 2.24) is 19.5 Å². The maximum Gasteiger partial charge on any atom is 0.145 e. The quantitative estimate of drug-likeness (QED) is 0.381. The molecule has 0 atom stereocenters. The van der Waals surface area contributed by atoms with Crippen LogP contribution >= 0.6 is 0 Å². The van der Waals surface area contributed by atoms with Gasteiger partial charge in [-0.15, -0.1) is 0 Å². The van der Waals surface area contributed by atoms with E-state index in [9.17, 15) is 0 Å². The third-order valence-electron chi connectivity index (χ3n) is 2.52. The molecule has 0 fully saturated rings. The summed E-state index contributed by atoms with van der Waals surface area (Å²) in [6, 6.07) is 1.77. The molecule has 0 amide bonds. The number of nitrogen functional groups attached to an aromatic ring is 1. The summed E-state index contributed by atoms with van der Waals surface area (Å²) in [5.74, 6) is 6.65. The second kappa shape index (κ2) is 6.55. The average molecular weight is 247 g/mol. The summed E-state index contributed by atoms with van der Waals surface area (Å²) in [6.45, 7) is 1.86. The molecule has 0 aliphatic carbocycles. The lowest BCUT2D eigenvalue weighted by atomic mass is 10.3. The number of hydrazine groups is 1. The predicted molar refractivity (Wildman–Crippen MR) is 69.8 cm³/mol. The Morgan fingerprint density at radius 3 is 2.89 bits per heavy atom. The Morgan fingerprint density at radius 1 is 1.22 bits per heavy atom. The molecule has 7 nitrogen and oxygen atoms in total. The summed E-state index contributed by atoms with van der Waals surface area (Å²) < 4.78 is 2.07. The van der Waals surface area contributed by atoms with Crippen molar-refractivity contribution in [1.29, 1.82) is 0 Å². The highest BCUT2D eigenvalue weighted by Crippen LogP contribution is 2.07. The molecule has 2 heterocycles. The van der Waals surface area contributed by atoms with Gasteiger partial charge in [0.05, 0.1) is 6.33 Å². The molecule has 0 spiro atoms. The Kier molecular flexibility index (Phi) is 4.48. The molecule has 2 rings (SSSR count). The Morgan fingerprint density at radius 2 is 2.11 bits per heavy atom. The lowest BCUT2D eigenvalue weighted by Crippen LogP contribution is -2.10. The first-order valence-electron chi connectivity index (χ1n) is 5.87. The number of unbranched alkanes of at least 4 members (excludes halogenated alkanes) is 1. The number of imidazole rings is 1. The lowest BCUT2D eigenvalue weighted by Gasteiger charge is -2.06. The maximum absolute atomic E-state index is 5.27. The van der Waals surface area contributed by atoms with Crippen molar-refractivity contribution >= 4 is 11.6 Å². The Hall–Kier alpha value is -2.15. The van der Waals surface area contributed by atoms with Crippen LogP contribution in [-0.2, 0) is 6.54 Å². The largest absolute Gasteiger partial charge is 0.370 e. The molecule has 0 aliphatic heterocycles. The number of nitrogens with two attached hydrogens (primary N) is 1. The molecule has 2 aromatic heterocycles. The minimum atomic E-state index is 0.603. The molecule has 18 heavy (non-hydrogen) atoms. The van der Waals surface area contributed by atoms with Crippen LogP contribution in [0.4, 0.5) is 11.6 Å². The van der Waals surface area contributed by atoms with Gasteiger partial charge in [0.1, 0.15) is 18.0 Å². The predicted octanol–water partition coefficient (Wildman–Crippen LogP) is 0.851. The molecule has 96 valence electrons. The van der Waals surface area contributed by atoms with Gasteiger partial charge in [-0.2, -0.15) is 0 Å². The first kappa shape index (κ1) is 12.3. The normalized spacial score (nSPS) is 10.3. The fraction of sp³-hybridized carbons (Fsp3) is 0.364. The highest BCUT2D eigenvalue weighted by Gasteiger charge is 1.96. The Balaban J connectivity index is 1.65. The fourth-order valence-electron chi connectivity index (χ4n) is 1.59. The van der Waals surface area contributed by atoms with E-state index in [0.717, 1.165) is 31.7 Å². The monoisotopic (exact) mass is 247 g/mol. The third-order valence-corrected chi connectivity index (χ3v) is 2.52. The number of aromatic nitrogens is 4. The summed E-state index contributed by atoms with van der Waals surface area (Å²) in [4.78, 5) is 12.0. The van der Waals surface area contributed by atoms with Crippen LogP contribution in [0, 0.1) is 0 Å². The van der Waals surface area contributed by atoms with E-state index in [1.54, 1.807) is 12.3 Å². The van der Waals surface area contributed by atoms with Gasteiger partial charge in [0.15, 0.2) is 0 Å². The number of nitrogens with zero attached hydrogens (tertiary/aromatic N) is 4. The van der Waals surface area contributed by atoms with Gasteiger partial charge in [0, 0.05) is 31.5 Å². The zero-order chi connectivity index (χ0) is 12.6. The number of aryl methyl sites for hydroxylation is 1. The summed E-state index contributed by atoms with van der Waals surface area (Å²) in [5, 5.41) is 3.23. The maximum atomic E-state index is 5.27. The first-order chi connectivity index (χ1) is 8.88. The van der Waals surface area contributed by atoms with E-state index >= 15 is 0 Å². The SMILES string of the molecule is NNc1cc(NCCCCn2ccnc2)ncn1. The van der Waals surface area contributed by atoms with Crippen molar-refractivity contribution in [3.63, 3.8) is 0 Å². The summed E-state index contributed by atoms with van der Waals surface area (Å²) in [5.41, 5.74) is 2.49. The van der Waals surface area contributed by atoms with Gasteiger partial charge in [0.2, 0.25) is 0 Å². The number of anilines is 2. The number of nitrogens with one attached hydrogen (secondary N) is 2. The van der Waals surface area contributed by atoms with Crippen LogP contribution in [0.25, 0.3) is 0 Å². The van der Waals surface area contributed by atoms with Crippen molar-refractivity contribution in [3.8, 4) is 0 Å².